The van der Waals surface area contributed by atoms with Gasteiger partial charge < -0.3 is 15.0 Å². The van der Waals surface area contributed by atoms with Crippen LogP contribution in [0.4, 0.5) is 5.69 Å². The lowest BCUT2D eigenvalue weighted by Gasteiger charge is -2.30. The molecule has 1 aliphatic rings. The Kier molecular flexibility index (Phi) is 5.39. The van der Waals surface area contributed by atoms with Gasteiger partial charge in [0.25, 0.3) is 5.91 Å². The Labute approximate surface area is 149 Å². The third-order valence-corrected chi connectivity index (χ3v) is 4.59. The highest BCUT2D eigenvalue weighted by atomic mass is 16.5. The van der Waals surface area contributed by atoms with Crippen LogP contribution in [0.3, 0.4) is 0 Å². The van der Waals surface area contributed by atoms with Crippen molar-refractivity contribution in [1.82, 2.24) is 5.32 Å². The van der Waals surface area contributed by atoms with Crippen molar-refractivity contribution in [3.05, 3.63) is 64.7 Å². The van der Waals surface area contributed by atoms with Crippen molar-refractivity contribution in [3.63, 3.8) is 0 Å². The molecule has 1 amide bonds. The van der Waals surface area contributed by atoms with E-state index in [2.05, 4.69) is 42.3 Å². The van der Waals surface area contributed by atoms with Gasteiger partial charge in [-0.3, -0.25) is 4.79 Å². The van der Waals surface area contributed by atoms with E-state index in [1.165, 1.54) is 11.1 Å². The van der Waals surface area contributed by atoms with Crippen molar-refractivity contribution >= 4 is 11.6 Å². The quantitative estimate of drug-likeness (QED) is 0.925. The summed E-state index contributed by atoms with van der Waals surface area (Å²) in [5.74, 6) is -0.0336. The smallest absolute Gasteiger partial charge is 0.253 e. The predicted octanol–water partition coefficient (Wildman–Crippen LogP) is 3.63. The number of amides is 1. The lowest BCUT2D eigenvalue weighted by Crippen LogP contribution is -2.38. The topological polar surface area (TPSA) is 41.6 Å². The van der Waals surface area contributed by atoms with Crippen LogP contribution < -0.4 is 10.2 Å². The van der Waals surface area contributed by atoms with Gasteiger partial charge >= 0.3 is 0 Å². The van der Waals surface area contributed by atoms with Gasteiger partial charge in [-0.1, -0.05) is 41.5 Å². The summed E-state index contributed by atoms with van der Waals surface area (Å²) in [5.41, 5.74) is 5.26. The number of benzene rings is 2. The molecular formula is C21H26N2O2. The van der Waals surface area contributed by atoms with Gasteiger partial charge in [-0.15, -0.1) is 0 Å². The van der Waals surface area contributed by atoms with E-state index in [0.717, 1.165) is 29.9 Å². The fourth-order valence-corrected chi connectivity index (χ4v) is 3.36. The molecule has 1 fully saturated rings. The van der Waals surface area contributed by atoms with Crippen molar-refractivity contribution in [2.24, 2.45) is 0 Å². The number of morpholine rings is 1. The monoisotopic (exact) mass is 338 g/mol. The lowest BCUT2D eigenvalue weighted by atomic mass is 10.0. The molecular weight excluding hydrogens is 312 g/mol. The summed E-state index contributed by atoms with van der Waals surface area (Å²) in [4.78, 5) is 15.1. The average molecular weight is 338 g/mol. The normalized spacial score (nSPS) is 15.7. The Morgan fingerprint density at radius 3 is 2.40 bits per heavy atom. The number of ether oxygens (including phenoxy) is 1. The van der Waals surface area contributed by atoms with Crippen LogP contribution in [-0.2, 0) is 4.74 Å². The van der Waals surface area contributed by atoms with Crippen LogP contribution in [0.1, 0.15) is 40.0 Å². The average Bonchev–Trinajstić information content (AvgIpc) is 2.61. The molecule has 4 nitrogen and oxygen atoms in total. The Balaban J connectivity index is 1.79. The molecule has 0 aromatic heterocycles. The SMILES string of the molecule is Cc1cc(C)cc(C(C)NC(=O)c2ccccc2N2CCOCC2)c1. The van der Waals surface area contributed by atoms with E-state index in [1.54, 1.807) is 0 Å². The van der Waals surface area contributed by atoms with Gasteiger partial charge in [-0.25, -0.2) is 0 Å². The lowest BCUT2D eigenvalue weighted by molar-refractivity contribution is 0.0938. The van der Waals surface area contributed by atoms with Crippen molar-refractivity contribution in [2.75, 3.05) is 31.2 Å². The summed E-state index contributed by atoms with van der Waals surface area (Å²) in [6.45, 7) is 9.23. The summed E-state index contributed by atoms with van der Waals surface area (Å²) < 4.78 is 5.42. The second-order valence-electron chi connectivity index (χ2n) is 6.73. The van der Waals surface area contributed by atoms with E-state index >= 15 is 0 Å². The van der Waals surface area contributed by atoms with Crippen molar-refractivity contribution in [3.8, 4) is 0 Å². The van der Waals surface area contributed by atoms with Gasteiger partial charge in [-0.2, -0.15) is 0 Å². The maximum Gasteiger partial charge on any atom is 0.253 e. The van der Waals surface area contributed by atoms with E-state index in [0.29, 0.717) is 13.2 Å². The molecule has 1 N–H and O–H groups in total. The minimum absolute atomic E-state index is 0.0336. The van der Waals surface area contributed by atoms with Crippen LogP contribution >= 0.6 is 0 Å². The van der Waals surface area contributed by atoms with Gasteiger partial charge in [-0.05, 0) is 38.5 Å². The number of carbonyl (C=O) groups excluding carboxylic acids is 1. The molecule has 25 heavy (non-hydrogen) atoms. The van der Waals surface area contributed by atoms with Gasteiger partial charge in [0.1, 0.15) is 0 Å². The van der Waals surface area contributed by atoms with E-state index in [4.69, 9.17) is 4.74 Å². The first-order chi connectivity index (χ1) is 12.0. The Morgan fingerprint density at radius 1 is 1.08 bits per heavy atom. The highest BCUT2D eigenvalue weighted by Crippen LogP contribution is 2.23. The third kappa shape index (κ3) is 4.20. The molecule has 0 spiro atoms. The van der Waals surface area contributed by atoms with Crippen LogP contribution in [-0.4, -0.2) is 32.2 Å². The fraction of sp³-hybridized carbons (Fsp3) is 0.381. The number of carbonyl (C=O) groups is 1. The van der Waals surface area contributed by atoms with Gasteiger partial charge in [0, 0.05) is 18.8 Å². The molecule has 4 heteroatoms. The van der Waals surface area contributed by atoms with Crippen LogP contribution in [0.15, 0.2) is 42.5 Å². The molecule has 0 radical (unpaired) electrons. The fourth-order valence-electron chi connectivity index (χ4n) is 3.36. The molecule has 132 valence electrons. The van der Waals surface area contributed by atoms with Crippen LogP contribution in [0.2, 0.25) is 0 Å². The molecule has 0 bridgehead atoms. The Morgan fingerprint density at radius 2 is 1.72 bits per heavy atom. The second-order valence-corrected chi connectivity index (χ2v) is 6.73. The van der Waals surface area contributed by atoms with Gasteiger partial charge in [0.05, 0.1) is 24.8 Å². The van der Waals surface area contributed by atoms with E-state index in [-0.39, 0.29) is 11.9 Å². The van der Waals surface area contributed by atoms with E-state index < -0.39 is 0 Å². The van der Waals surface area contributed by atoms with E-state index in [1.807, 2.05) is 31.2 Å². The summed E-state index contributed by atoms with van der Waals surface area (Å²) in [7, 11) is 0. The highest BCUT2D eigenvalue weighted by molar-refractivity contribution is 6.00. The van der Waals surface area contributed by atoms with Crippen molar-refractivity contribution < 1.29 is 9.53 Å². The molecule has 1 saturated heterocycles. The number of anilines is 1. The summed E-state index contributed by atoms with van der Waals surface area (Å²) >= 11 is 0. The van der Waals surface area contributed by atoms with Gasteiger partial charge in [0.15, 0.2) is 0 Å². The first kappa shape index (κ1) is 17.5. The van der Waals surface area contributed by atoms with Crippen molar-refractivity contribution in [1.29, 1.82) is 0 Å². The minimum atomic E-state index is -0.0381. The summed E-state index contributed by atoms with van der Waals surface area (Å²) in [6.07, 6.45) is 0. The zero-order chi connectivity index (χ0) is 17.8. The van der Waals surface area contributed by atoms with Crippen molar-refractivity contribution in [2.45, 2.75) is 26.8 Å². The largest absolute Gasteiger partial charge is 0.378 e. The number of nitrogens with zero attached hydrogens (tertiary/aromatic N) is 1. The van der Waals surface area contributed by atoms with Crippen LogP contribution in [0, 0.1) is 13.8 Å². The zero-order valence-electron chi connectivity index (χ0n) is 15.2. The van der Waals surface area contributed by atoms with Gasteiger partial charge in [0.2, 0.25) is 0 Å². The number of hydrogen-bond acceptors (Lipinski definition) is 3. The Bertz CT molecular complexity index is 731. The summed E-state index contributed by atoms with van der Waals surface area (Å²) in [6, 6.07) is 14.2. The first-order valence-corrected chi connectivity index (χ1v) is 8.85. The van der Waals surface area contributed by atoms with Crippen LogP contribution in [0.25, 0.3) is 0 Å². The number of hydrogen-bond donors (Lipinski definition) is 1. The maximum absolute atomic E-state index is 12.9. The molecule has 0 saturated carbocycles. The standard InChI is InChI=1S/C21H26N2O2/c1-15-12-16(2)14-18(13-15)17(3)22-21(24)19-6-4-5-7-20(19)23-8-10-25-11-9-23/h4-7,12-14,17H,8-11H2,1-3H3,(H,22,24). The van der Waals surface area contributed by atoms with E-state index in [9.17, 15) is 4.79 Å². The molecule has 1 atom stereocenters. The predicted molar refractivity (Wildman–Crippen MR) is 101 cm³/mol. The number of para-hydroxylation sites is 1. The Hall–Kier alpha value is -2.33. The number of aryl methyl sites for hydroxylation is 2. The second kappa shape index (κ2) is 7.70. The highest BCUT2D eigenvalue weighted by Gasteiger charge is 2.19. The first-order valence-electron chi connectivity index (χ1n) is 8.85. The summed E-state index contributed by atoms with van der Waals surface area (Å²) in [5, 5.41) is 3.15. The molecule has 2 aromatic carbocycles. The minimum Gasteiger partial charge on any atom is -0.378 e. The molecule has 0 aliphatic carbocycles. The molecule has 3 rings (SSSR count). The molecule has 1 unspecified atom stereocenters. The zero-order valence-corrected chi connectivity index (χ0v) is 15.2. The molecule has 1 heterocycles. The maximum atomic E-state index is 12.9. The third-order valence-electron chi connectivity index (χ3n) is 4.59. The van der Waals surface area contributed by atoms with Crippen LogP contribution in [0.5, 0.6) is 0 Å². The molecule has 1 aliphatic heterocycles. The number of nitrogens with one attached hydrogen (secondary N) is 1. The molecule has 2 aromatic rings. The number of rotatable bonds is 4.